The van der Waals surface area contributed by atoms with Gasteiger partial charge in [0.05, 0.1) is 23.1 Å². The second kappa shape index (κ2) is 6.30. The van der Waals surface area contributed by atoms with Gasteiger partial charge in [0.25, 0.3) is 5.91 Å². The number of amides is 1. The first-order chi connectivity index (χ1) is 12.1. The van der Waals surface area contributed by atoms with Crippen LogP contribution in [-0.4, -0.2) is 46.7 Å². The topological polar surface area (TPSA) is 54.3 Å². The van der Waals surface area contributed by atoms with E-state index in [1.807, 2.05) is 20.8 Å². The molecule has 3 rings (SSSR count). The molecule has 140 valence electrons. The molecule has 0 unspecified atom stereocenters. The normalized spacial score (nSPS) is 15.2. The highest BCUT2D eigenvalue weighted by molar-refractivity contribution is 6.07. The number of benzene rings is 1. The molecule has 1 aromatic carbocycles. The smallest absolute Gasteiger partial charge is 0.359 e. The number of aromatic nitrogens is 3. The van der Waals surface area contributed by atoms with Gasteiger partial charge in [0, 0.05) is 13.1 Å². The van der Waals surface area contributed by atoms with E-state index in [1.165, 1.54) is 9.80 Å². The van der Waals surface area contributed by atoms with Crippen LogP contribution < -0.4 is 9.80 Å². The van der Waals surface area contributed by atoms with Crippen molar-refractivity contribution < 1.29 is 18.0 Å². The van der Waals surface area contributed by atoms with Crippen LogP contribution in [0.1, 0.15) is 31.3 Å². The van der Waals surface area contributed by atoms with E-state index in [4.69, 9.17) is 0 Å². The maximum Gasteiger partial charge on any atom is 0.405 e. The number of fused-ring (bicyclic) bond motifs is 1. The lowest BCUT2D eigenvalue weighted by Crippen LogP contribution is -2.47. The first-order valence-corrected chi connectivity index (χ1v) is 8.22. The van der Waals surface area contributed by atoms with Gasteiger partial charge < -0.3 is 9.80 Å². The molecule has 0 aliphatic carbocycles. The number of carbonyl (C=O) groups excluding carboxylic acids is 1. The predicted octanol–water partition coefficient (Wildman–Crippen LogP) is 3.06. The van der Waals surface area contributed by atoms with Gasteiger partial charge in [-0.25, -0.2) is 4.68 Å². The zero-order chi connectivity index (χ0) is 19.1. The molecule has 2 heterocycles. The molecule has 1 amide bonds. The van der Waals surface area contributed by atoms with E-state index in [0.29, 0.717) is 11.4 Å². The molecule has 6 nitrogen and oxygen atoms in total. The van der Waals surface area contributed by atoms with Crippen molar-refractivity contribution in [2.75, 3.05) is 29.4 Å². The Bertz CT molecular complexity index is 809. The van der Waals surface area contributed by atoms with E-state index < -0.39 is 12.7 Å². The monoisotopic (exact) mass is 367 g/mol. The molecule has 0 bridgehead atoms. The first kappa shape index (κ1) is 18.2. The average molecular weight is 367 g/mol. The average Bonchev–Trinajstić information content (AvgIpc) is 3.03. The summed E-state index contributed by atoms with van der Waals surface area (Å²) in [5.41, 5.74) is 0.666. The van der Waals surface area contributed by atoms with E-state index in [9.17, 15) is 18.0 Å². The van der Waals surface area contributed by atoms with Crippen molar-refractivity contribution in [3.63, 3.8) is 0 Å². The third kappa shape index (κ3) is 3.66. The molecule has 0 radical (unpaired) electrons. The van der Waals surface area contributed by atoms with Crippen molar-refractivity contribution in [1.82, 2.24) is 15.0 Å². The van der Waals surface area contributed by atoms with Crippen LogP contribution in [0.4, 0.5) is 24.5 Å². The van der Waals surface area contributed by atoms with Crippen molar-refractivity contribution in [3.8, 4) is 0 Å². The number of hydrogen-bond acceptors (Lipinski definition) is 4. The predicted molar refractivity (Wildman–Crippen MR) is 91.4 cm³/mol. The Kier molecular flexibility index (Phi) is 4.41. The molecule has 26 heavy (non-hydrogen) atoms. The van der Waals surface area contributed by atoms with Crippen LogP contribution in [0.15, 0.2) is 30.5 Å². The zero-order valence-corrected chi connectivity index (χ0v) is 14.8. The third-order valence-corrected chi connectivity index (χ3v) is 4.12. The molecular weight excluding hydrogens is 347 g/mol. The maximum absolute atomic E-state index is 12.9. The fourth-order valence-corrected chi connectivity index (χ4v) is 2.84. The van der Waals surface area contributed by atoms with Crippen LogP contribution in [0.5, 0.6) is 0 Å². The van der Waals surface area contributed by atoms with Crippen molar-refractivity contribution in [2.45, 2.75) is 32.5 Å². The first-order valence-electron chi connectivity index (χ1n) is 8.22. The van der Waals surface area contributed by atoms with Gasteiger partial charge in [-0.2, -0.15) is 13.2 Å². The summed E-state index contributed by atoms with van der Waals surface area (Å²) in [4.78, 5) is 15.6. The standard InChI is InChI=1S/C17H20F3N5O/c1-16(2,3)25-10-12(21-22-25)15(26)24-9-8-23(11-17(18,19)20)13-6-4-5-7-14(13)24/h4-7,10H,8-9,11H2,1-3H3. The molecule has 1 aliphatic rings. The molecule has 0 atom stereocenters. The minimum absolute atomic E-state index is 0.0929. The summed E-state index contributed by atoms with van der Waals surface area (Å²) in [6.07, 6.45) is -2.75. The summed E-state index contributed by atoms with van der Waals surface area (Å²) in [7, 11) is 0. The summed E-state index contributed by atoms with van der Waals surface area (Å²) in [5, 5.41) is 7.92. The Morgan fingerprint density at radius 2 is 1.77 bits per heavy atom. The summed E-state index contributed by atoms with van der Waals surface area (Å²) in [5.74, 6) is -0.375. The highest BCUT2D eigenvalue weighted by Crippen LogP contribution is 2.35. The summed E-state index contributed by atoms with van der Waals surface area (Å²) >= 11 is 0. The second-order valence-electron chi connectivity index (χ2n) is 7.20. The molecule has 1 aliphatic heterocycles. The number of anilines is 2. The Labute approximate surface area is 149 Å². The van der Waals surface area contributed by atoms with E-state index in [2.05, 4.69) is 10.3 Å². The molecular formula is C17H20F3N5O. The second-order valence-corrected chi connectivity index (χ2v) is 7.20. The number of para-hydroxylation sites is 2. The Hall–Kier alpha value is -2.58. The van der Waals surface area contributed by atoms with Gasteiger partial charge in [0.2, 0.25) is 0 Å². The number of carbonyl (C=O) groups is 1. The molecule has 1 aromatic heterocycles. The van der Waals surface area contributed by atoms with Gasteiger partial charge >= 0.3 is 6.18 Å². The molecule has 9 heteroatoms. The van der Waals surface area contributed by atoms with Gasteiger partial charge in [0.1, 0.15) is 6.54 Å². The summed E-state index contributed by atoms with van der Waals surface area (Å²) in [6.45, 7) is 4.99. The van der Waals surface area contributed by atoms with Gasteiger partial charge in [-0.1, -0.05) is 17.3 Å². The Balaban J connectivity index is 1.90. The van der Waals surface area contributed by atoms with Crippen molar-refractivity contribution in [2.24, 2.45) is 0 Å². The summed E-state index contributed by atoms with van der Waals surface area (Å²) in [6, 6.07) is 6.59. The Morgan fingerprint density at radius 3 is 2.35 bits per heavy atom. The molecule has 0 N–H and O–H groups in total. The van der Waals surface area contributed by atoms with Crippen molar-refractivity contribution in [3.05, 3.63) is 36.2 Å². The quantitative estimate of drug-likeness (QED) is 0.819. The number of nitrogens with zero attached hydrogens (tertiary/aromatic N) is 5. The highest BCUT2D eigenvalue weighted by Gasteiger charge is 2.36. The highest BCUT2D eigenvalue weighted by atomic mass is 19.4. The molecule has 0 spiro atoms. The largest absolute Gasteiger partial charge is 0.405 e. The van der Waals surface area contributed by atoms with Crippen molar-refractivity contribution >= 4 is 17.3 Å². The van der Waals surface area contributed by atoms with Gasteiger partial charge in [-0.05, 0) is 32.9 Å². The van der Waals surface area contributed by atoms with Crippen molar-refractivity contribution in [1.29, 1.82) is 0 Å². The van der Waals surface area contributed by atoms with Gasteiger partial charge in [-0.3, -0.25) is 4.79 Å². The minimum Gasteiger partial charge on any atom is -0.359 e. The number of halogens is 3. The zero-order valence-electron chi connectivity index (χ0n) is 14.8. The van der Waals surface area contributed by atoms with E-state index >= 15 is 0 Å². The van der Waals surface area contributed by atoms with E-state index in [0.717, 1.165) is 0 Å². The fourth-order valence-electron chi connectivity index (χ4n) is 2.84. The Morgan fingerprint density at radius 1 is 1.12 bits per heavy atom. The lowest BCUT2D eigenvalue weighted by Gasteiger charge is -2.37. The lowest BCUT2D eigenvalue weighted by atomic mass is 10.1. The van der Waals surface area contributed by atoms with Crippen LogP contribution in [0.3, 0.4) is 0 Å². The molecule has 0 saturated carbocycles. The minimum atomic E-state index is -4.31. The summed E-state index contributed by atoms with van der Waals surface area (Å²) < 4.78 is 40.1. The third-order valence-electron chi connectivity index (χ3n) is 4.12. The van der Waals surface area contributed by atoms with Crippen LogP contribution >= 0.6 is 0 Å². The lowest BCUT2D eigenvalue weighted by molar-refractivity contribution is -0.119. The van der Waals surface area contributed by atoms with E-state index in [1.54, 1.807) is 35.1 Å². The molecule has 0 fully saturated rings. The maximum atomic E-state index is 12.9. The van der Waals surface area contributed by atoms with E-state index in [-0.39, 0.29) is 30.2 Å². The number of hydrogen-bond donors (Lipinski definition) is 0. The SMILES string of the molecule is CC(C)(C)n1cc(C(=O)N2CCN(CC(F)(F)F)c3ccccc32)nn1. The van der Waals surface area contributed by atoms with Gasteiger partial charge in [0.15, 0.2) is 5.69 Å². The molecule has 0 saturated heterocycles. The van der Waals surface area contributed by atoms with Gasteiger partial charge in [-0.15, -0.1) is 5.10 Å². The number of alkyl halides is 3. The number of rotatable bonds is 2. The molecule has 2 aromatic rings. The van der Waals surface area contributed by atoms with Crippen LogP contribution in [0.2, 0.25) is 0 Å². The fraction of sp³-hybridized carbons (Fsp3) is 0.471. The van der Waals surface area contributed by atoms with Crippen LogP contribution in [0.25, 0.3) is 0 Å². The van der Waals surface area contributed by atoms with Crippen LogP contribution in [0, 0.1) is 0 Å². The van der Waals surface area contributed by atoms with Crippen LogP contribution in [-0.2, 0) is 5.54 Å².